The molecule has 0 amide bonds. The molecule has 1 nitrogen and oxygen atoms in total. The lowest BCUT2D eigenvalue weighted by Crippen LogP contribution is -2.26. The van der Waals surface area contributed by atoms with Crippen LogP contribution in [-0.2, 0) is 5.67 Å². The summed E-state index contributed by atoms with van der Waals surface area (Å²) in [5, 5.41) is 0. The van der Waals surface area contributed by atoms with E-state index in [1.54, 1.807) is 12.1 Å². The van der Waals surface area contributed by atoms with Gasteiger partial charge in [0.1, 0.15) is 5.67 Å². The van der Waals surface area contributed by atoms with Gasteiger partial charge in [0.05, 0.1) is 0 Å². The van der Waals surface area contributed by atoms with Crippen LogP contribution in [-0.4, -0.2) is 6.54 Å². The van der Waals surface area contributed by atoms with Crippen molar-refractivity contribution in [1.29, 1.82) is 0 Å². The van der Waals surface area contributed by atoms with E-state index in [-0.39, 0.29) is 6.54 Å². The monoisotopic (exact) mass is 279 g/mol. The molecule has 3 heteroatoms. The van der Waals surface area contributed by atoms with Crippen LogP contribution in [0.15, 0.2) is 24.3 Å². The summed E-state index contributed by atoms with van der Waals surface area (Å²) in [7, 11) is 0. The smallest absolute Gasteiger partial charge is 0.145 e. The van der Waals surface area contributed by atoms with Gasteiger partial charge in [-0.25, -0.2) is 4.39 Å². The van der Waals surface area contributed by atoms with Crippen molar-refractivity contribution >= 4 is 22.6 Å². The van der Waals surface area contributed by atoms with Crippen molar-refractivity contribution in [3.8, 4) is 0 Å². The quantitative estimate of drug-likeness (QED) is 0.827. The van der Waals surface area contributed by atoms with Gasteiger partial charge in [0, 0.05) is 10.1 Å². The maximum Gasteiger partial charge on any atom is 0.145 e. The van der Waals surface area contributed by atoms with Crippen molar-refractivity contribution in [3.63, 3.8) is 0 Å². The predicted molar refractivity (Wildman–Crippen MR) is 56.7 cm³/mol. The fourth-order valence-electron chi connectivity index (χ4n) is 0.915. The van der Waals surface area contributed by atoms with Crippen molar-refractivity contribution < 1.29 is 4.39 Å². The van der Waals surface area contributed by atoms with Gasteiger partial charge in [-0.15, -0.1) is 0 Å². The number of halogens is 2. The van der Waals surface area contributed by atoms with Gasteiger partial charge >= 0.3 is 0 Å². The van der Waals surface area contributed by atoms with Crippen LogP contribution in [0.1, 0.15) is 12.5 Å². The zero-order chi connectivity index (χ0) is 9.19. The first-order valence-corrected chi connectivity index (χ1v) is 4.79. The Bertz CT molecular complexity index is 256. The third kappa shape index (κ3) is 2.17. The summed E-state index contributed by atoms with van der Waals surface area (Å²) in [5.41, 5.74) is 4.54. The molecular weight excluding hydrogens is 268 g/mol. The summed E-state index contributed by atoms with van der Waals surface area (Å²) < 4.78 is 14.7. The van der Waals surface area contributed by atoms with E-state index in [0.717, 1.165) is 3.57 Å². The Morgan fingerprint density at radius 2 is 1.92 bits per heavy atom. The third-order valence-corrected chi connectivity index (χ3v) is 2.55. The Morgan fingerprint density at radius 3 is 2.33 bits per heavy atom. The van der Waals surface area contributed by atoms with E-state index in [0.29, 0.717) is 5.56 Å². The molecule has 66 valence electrons. The average molecular weight is 279 g/mol. The van der Waals surface area contributed by atoms with Gasteiger partial charge in [0.15, 0.2) is 0 Å². The molecule has 1 aromatic rings. The molecule has 0 heterocycles. The maximum atomic E-state index is 13.6. The lowest BCUT2D eigenvalue weighted by atomic mass is 9.98. The highest BCUT2D eigenvalue weighted by Gasteiger charge is 2.22. The zero-order valence-corrected chi connectivity index (χ0v) is 9.01. The molecule has 2 N–H and O–H groups in total. The van der Waals surface area contributed by atoms with E-state index >= 15 is 0 Å². The van der Waals surface area contributed by atoms with Crippen LogP contribution in [0, 0.1) is 3.57 Å². The first-order valence-electron chi connectivity index (χ1n) is 3.71. The van der Waals surface area contributed by atoms with Crippen LogP contribution < -0.4 is 5.73 Å². The molecule has 0 radical (unpaired) electrons. The molecular formula is C9H11FIN. The van der Waals surface area contributed by atoms with Crippen LogP contribution in [0.5, 0.6) is 0 Å². The Morgan fingerprint density at radius 1 is 1.42 bits per heavy atom. The normalized spacial score (nSPS) is 15.7. The van der Waals surface area contributed by atoms with Crippen molar-refractivity contribution in [3.05, 3.63) is 33.4 Å². The molecule has 1 rings (SSSR count). The van der Waals surface area contributed by atoms with Crippen molar-refractivity contribution in [2.24, 2.45) is 5.73 Å². The van der Waals surface area contributed by atoms with Crippen molar-refractivity contribution in [2.75, 3.05) is 6.54 Å². The Hall–Kier alpha value is -0.160. The summed E-state index contributed by atoms with van der Waals surface area (Å²) in [6.45, 7) is 1.52. The highest BCUT2D eigenvalue weighted by Crippen LogP contribution is 2.24. The standard InChI is InChI=1S/C9H11FIN/c1-9(10,6-12)7-2-4-8(11)5-3-7/h2-5H,6,12H2,1H3/t9-/m1/s1. The first kappa shape index (κ1) is 9.92. The second kappa shape index (κ2) is 3.70. The molecule has 0 aromatic heterocycles. The highest BCUT2D eigenvalue weighted by atomic mass is 127. The van der Waals surface area contributed by atoms with Crippen LogP contribution in [0.3, 0.4) is 0 Å². The predicted octanol–water partition coefficient (Wildman–Crippen LogP) is 2.43. The molecule has 0 fully saturated rings. The molecule has 0 saturated carbocycles. The zero-order valence-electron chi connectivity index (χ0n) is 6.85. The highest BCUT2D eigenvalue weighted by molar-refractivity contribution is 14.1. The van der Waals surface area contributed by atoms with Crippen molar-refractivity contribution in [2.45, 2.75) is 12.6 Å². The van der Waals surface area contributed by atoms with Gasteiger partial charge in [-0.1, -0.05) is 12.1 Å². The van der Waals surface area contributed by atoms with Crippen LogP contribution >= 0.6 is 22.6 Å². The lowest BCUT2D eigenvalue weighted by molar-refractivity contribution is 0.203. The number of hydrogen-bond donors (Lipinski definition) is 1. The minimum Gasteiger partial charge on any atom is -0.327 e. The van der Waals surface area contributed by atoms with Gasteiger partial charge in [0.2, 0.25) is 0 Å². The minimum atomic E-state index is -1.40. The number of rotatable bonds is 2. The van der Waals surface area contributed by atoms with Crippen LogP contribution in [0.25, 0.3) is 0 Å². The molecule has 0 unspecified atom stereocenters. The lowest BCUT2D eigenvalue weighted by Gasteiger charge is -2.18. The molecule has 0 saturated heterocycles. The molecule has 1 aromatic carbocycles. The van der Waals surface area contributed by atoms with E-state index in [1.165, 1.54) is 6.92 Å². The molecule has 0 aliphatic heterocycles. The second-order valence-corrected chi connectivity index (χ2v) is 4.15. The maximum absolute atomic E-state index is 13.6. The Balaban J connectivity index is 2.96. The molecule has 1 atom stereocenters. The Kier molecular flexibility index (Phi) is 3.06. The van der Waals surface area contributed by atoms with Gasteiger partial charge in [-0.2, -0.15) is 0 Å². The van der Waals surface area contributed by atoms with E-state index in [2.05, 4.69) is 22.6 Å². The second-order valence-electron chi connectivity index (χ2n) is 2.91. The van der Waals surface area contributed by atoms with Crippen molar-refractivity contribution in [1.82, 2.24) is 0 Å². The summed E-state index contributed by atoms with van der Waals surface area (Å²) in [6.07, 6.45) is 0. The average Bonchev–Trinajstić information content (AvgIpc) is 2.05. The summed E-state index contributed by atoms with van der Waals surface area (Å²) in [4.78, 5) is 0. The van der Waals surface area contributed by atoms with Gasteiger partial charge in [0.25, 0.3) is 0 Å². The van der Waals surface area contributed by atoms with Crippen LogP contribution in [0.2, 0.25) is 0 Å². The SMILES string of the molecule is C[C@@](F)(CN)c1ccc(I)cc1. The summed E-state index contributed by atoms with van der Waals surface area (Å²) in [6, 6.07) is 7.30. The van der Waals surface area contributed by atoms with Gasteiger partial charge < -0.3 is 5.73 Å². The van der Waals surface area contributed by atoms with Crippen LogP contribution in [0.4, 0.5) is 4.39 Å². The first-order chi connectivity index (χ1) is 5.56. The molecule has 12 heavy (non-hydrogen) atoms. The topological polar surface area (TPSA) is 26.0 Å². The number of benzene rings is 1. The van der Waals surface area contributed by atoms with Gasteiger partial charge in [-0.05, 0) is 47.2 Å². The molecule has 0 bridgehead atoms. The number of nitrogens with two attached hydrogens (primary N) is 1. The number of alkyl halides is 1. The fourth-order valence-corrected chi connectivity index (χ4v) is 1.27. The summed E-state index contributed by atoms with van der Waals surface area (Å²) in [5.74, 6) is 0. The van der Waals surface area contributed by atoms with Gasteiger partial charge in [-0.3, -0.25) is 0 Å². The molecule has 0 spiro atoms. The van der Waals surface area contributed by atoms with E-state index in [1.807, 2.05) is 12.1 Å². The van der Waals surface area contributed by atoms with E-state index in [9.17, 15) is 4.39 Å². The number of hydrogen-bond acceptors (Lipinski definition) is 1. The fraction of sp³-hybridized carbons (Fsp3) is 0.333. The van der Waals surface area contributed by atoms with E-state index < -0.39 is 5.67 Å². The summed E-state index contributed by atoms with van der Waals surface area (Å²) >= 11 is 2.18. The Labute approximate surface area is 85.3 Å². The third-order valence-electron chi connectivity index (χ3n) is 1.83. The minimum absolute atomic E-state index is 0.0214. The largest absolute Gasteiger partial charge is 0.327 e. The molecule has 0 aliphatic rings. The molecule has 0 aliphatic carbocycles. The van der Waals surface area contributed by atoms with E-state index in [4.69, 9.17) is 5.73 Å².